The van der Waals surface area contributed by atoms with Gasteiger partial charge < -0.3 is 10.2 Å². The molecular weight excluding hydrogens is 295 g/mol. The fourth-order valence-corrected chi connectivity index (χ4v) is 2.58. The molecule has 0 bridgehead atoms. The van der Waals surface area contributed by atoms with E-state index in [1.807, 2.05) is 0 Å². The topological polar surface area (TPSA) is 74.6 Å². The van der Waals surface area contributed by atoms with E-state index in [2.05, 4.69) is 0 Å². The Morgan fingerprint density at radius 1 is 1.19 bits per heavy atom. The lowest BCUT2D eigenvalue weighted by atomic mass is 10.1. The number of carbonyl (C=O) groups is 2. The average Bonchev–Trinajstić information content (AvgIpc) is 2.90. The summed E-state index contributed by atoms with van der Waals surface area (Å²) in [4.78, 5) is 23.1. The minimum absolute atomic E-state index is 0.310. The number of allylic oxidation sites excluding steroid dienone is 1. The van der Waals surface area contributed by atoms with Crippen molar-refractivity contribution >= 4 is 23.1 Å². The van der Waals surface area contributed by atoms with E-state index in [-0.39, 0.29) is 5.82 Å². The van der Waals surface area contributed by atoms with Crippen LogP contribution in [0.2, 0.25) is 0 Å². The lowest BCUT2D eigenvalue weighted by molar-refractivity contribution is -0.135. The number of thiophene rings is 1. The van der Waals surface area contributed by atoms with Gasteiger partial charge in [0.2, 0.25) is 5.76 Å². The Labute approximate surface area is 123 Å². The van der Waals surface area contributed by atoms with E-state index in [0.29, 0.717) is 18.1 Å². The maximum Gasteiger partial charge on any atom is 0.371 e. The van der Waals surface area contributed by atoms with Gasteiger partial charge in [-0.2, -0.15) is 0 Å². The SMILES string of the molecule is O=C(O)/C(O)=C/C(=O)c1csc(Cc2ccc(F)cc2)c1. The van der Waals surface area contributed by atoms with Gasteiger partial charge in [0.15, 0.2) is 5.78 Å². The van der Waals surface area contributed by atoms with Crippen molar-refractivity contribution in [3.05, 3.63) is 69.4 Å². The quantitative estimate of drug-likeness (QED) is 0.505. The number of halogens is 1. The van der Waals surface area contributed by atoms with E-state index in [0.717, 1.165) is 10.4 Å². The first-order chi connectivity index (χ1) is 9.95. The van der Waals surface area contributed by atoms with Crippen molar-refractivity contribution < 1.29 is 24.2 Å². The molecule has 0 unspecified atom stereocenters. The summed E-state index contributed by atoms with van der Waals surface area (Å²) in [7, 11) is 0. The number of hydrogen-bond acceptors (Lipinski definition) is 4. The highest BCUT2D eigenvalue weighted by molar-refractivity contribution is 7.10. The second-order valence-electron chi connectivity index (χ2n) is 4.30. The number of rotatable bonds is 5. The number of hydrogen-bond donors (Lipinski definition) is 2. The number of ketones is 1. The van der Waals surface area contributed by atoms with Gasteiger partial charge in [-0.25, -0.2) is 9.18 Å². The molecule has 0 saturated carbocycles. The number of carbonyl (C=O) groups excluding carboxylic acids is 1. The first kappa shape index (κ1) is 14.9. The molecule has 0 atom stereocenters. The third-order valence-electron chi connectivity index (χ3n) is 2.72. The smallest absolute Gasteiger partial charge is 0.371 e. The molecule has 4 nitrogen and oxygen atoms in total. The lowest BCUT2D eigenvalue weighted by Gasteiger charge is -1.98. The van der Waals surface area contributed by atoms with Crippen molar-refractivity contribution in [2.24, 2.45) is 0 Å². The molecule has 0 saturated heterocycles. The van der Waals surface area contributed by atoms with Gasteiger partial charge in [0.1, 0.15) is 5.82 Å². The molecule has 1 aromatic carbocycles. The Kier molecular flexibility index (Phi) is 4.49. The molecular formula is C15H11FO4S. The highest BCUT2D eigenvalue weighted by Crippen LogP contribution is 2.20. The van der Waals surface area contributed by atoms with Crippen LogP contribution in [-0.2, 0) is 11.2 Å². The van der Waals surface area contributed by atoms with Gasteiger partial charge in [-0.3, -0.25) is 4.79 Å². The van der Waals surface area contributed by atoms with Crippen molar-refractivity contribution in [1.82, 2.24) is 0 Å². The standard InChI is InChI=1S/C15H11FO4S/c16-11-3-1-9(2-4-11)5-12-6-10(8-21-12)13(17)7-14(18)15(19)20/h1-4,6-8,18H,5H2,(H,19,20)/b14-7-. The van der Waals surface area contributed by atoms with E-state index in [1.54, 1.807) is 23.6 Å². The molecule has 0 aliphatic rings. The summed E-state index contributed by atoms with van der Waals surface area (Å²) in [6, 6.07) is 7.67. The summed E-state index contributed by atoms with van der Waals surface area (Å²) < 4.78 is 12.8. The van der Waals surface area contributed by atoms with Gasteiger partial charge >= 0.3 is 5.97 Å². The van der Waals surface area contributed by atoms with Crippen LogP contribution in [0.1, 0.15) is 20.8 Å². The normalized spacial score (nSPS) is 11.4. The van der Waals surface area contributed by atoms with E-state index in [9.17, 15) is 14.0 Å². The number of carboxylic acids is 1. The van der Waals surface area contributed by atoms with Crippen LogP contribution in [0.15, 0.2) is 47.5 Å². The second-order valence-corrected chi connectivity index (χ2v) is 5.30. The molecule has 108 valence electrons. The third-order valence-corrected chi connectivity index (χ3v) is 3.65. The molecule has 2 N–H and O–H groups in total. The molecule has 0 aliphatic carbocycles. The van der Waals surface area contributed by atoms with Gasteiger partial charge in [0.05, 0.1) is 0 Å². The number of benzene rings is 1. The average molecular weight is 306 g/mol. The number of aliphatic hydroxyl groups excluding tert-OH is 1. The predicted octanol–water partition coefficient (Wildman–Crippen LogP) is 3.19. The van der Waals surface area contributed by atoms with Gasteiger partial charge in [-0.1, -0.05) is 12.1 Å². The first-order valence-electron chi connectivity index (χ1n) is 5.96. The molecule has 0 amide bonds. The second kappa shape index (κ2) is 6.32. The Hall–Kier alpha value is -2.47. The van der Waals surface area contributed by atoms with Gasteiger partial charge in [0.25, 0.3) is 0 Å². The number of carboxylic acid groups (broad SMARTS) is 1. The van der Waals surface area contributed by atoms with E-state index in [4.69, 9.17) is 10.2 Å². The molecule has 21 heavy (non-hydrogen) atoms. The highest BCUT2D eigenvalue weighted by Gasteiger charge is 2.11. The Bertz CT molecular complexity index is 701. The van der Waals surface area contributed by atoms with E-state index in [1.165, 1.54) is 23.5 Å². The molecule has 1 heterocycles. The van der Waals surface area contributed by atoms with E-state index >= 15 is 0 Å². The molecule has 2 aromatic rings. The Morgan fingerprint density at radius 3 is 2.48 bits per heavy atom. The van der Waals surface area contributed by atoms with Crippen LogP contribution in [0.25, 0.3) is 0 Å². The fraction of sp³-hybridized carbons (Fsp3) is 0.0667. The predicted molar refractivity (Wildman–Crippen MR) is 76.2 cm³/mol. The zero-order valence-corrected chi connectivity index (χ0v) is 11.6. The Morgan fingerprint density at radius 2 is 1.86 bits per heavy atom. The fourth-order valence-electron chi connectivity index (χ4n) is 1.68. The zero-order valence-electron chi connectivity index (χ0n) is 10.7. The maximum absolute atomic E-state index is 12.8. The molecule has 0 spiro atoms. The highest BCUT2D eigenvalue weighted by atomic mass is 32.1. The van der Waals surface area contributed by atoms with Crippen molar-refractivity contribution in [3.63, 3.8) is 0 Å². The molecule has 0 radical (unpaired) electrons. The molecule has 1 aromatic heterocycles. The third kappa shape index (κ3) is 4.00. The summed E-state index contributed by atoms with van der Waals surface area (Å²) in [6.45, 7) is 0. The molecule has 0 fully saturated rings. The number of aliphatic carboxylic acids is 1. The summed E-state index contributed by atoms with van der Waals surface area (Å²) in [5.41, 5.74) is 1.21. The summed E-state index contributed by atoms with van der Waals surface area (Å²) >= 11 is 1.34. The molecule has 0 aliphatic heterocycles. The number of aliphatic hydroxyl groups is 1. The summed E-state index contributed by atoms with van der Waals surface area (Å²) in [6.07, 6.45) is 1.22. The largest absolute Gasteiger partial charge is 0.502 e. The zero-order chi connectivity index (χ0) is 15.4. The van der Waals surface area contributed by atoms with Crippen molar-refractivity contribution in [1.29, 1.82) is 0 Å². The van der Waals surface area contributed by atoms with Crippen LogP contribution < -0.4 is 0 Å². The summed E-state index contributed by atoms with van der Waals surface area (Å²) in [5.74, 6) is -3.43. The van der Waals surface area contributed by atoms with Crippen LogP contribution in [0.3, 0.4) is 0 Å². The lowest BCUT2D eigenvalue weighted by Crippen LogP contribution is -2.03. The van der Waals surface area contributed by atoms with E-state index < -0.39 is 17.5 Å². The van der Waals surface area contributed by atoms with Crippen LogP contribution in [0, 0.1) is 5.82 Å². The monoisotopic (exact) mass is 306 g/mol. The van der Waals surface area contributed by atoms with Crippen LogP contribution >= 0.6 is 11.3 Å². The van der Waals surface area contributed by atoms with Crippen molar-refractivity contribution in [2.45, 2.75) is 6.42 Å². The van der Waals surface area contributed by atoms with Crippen LogP contribution in [0.4, 0.5) is 4.39 Å². The maximum atomic E-state index is 12.8. The van der Waals surface area contributed by atoms with Gasteiger partial charge in [-0.15, -0.1) is 11.3 Å². The van der Waals surface area contributed by atoms with Gasteiger partial charge in [-0.05, 0) is 23.8 Å². The minimum Gasteiger partial charge on any atom is -0.502 e. The van der Waals surface area contributed by atoms with Crippen molar-refractivity contribution in [2.75, 3.05) is 0 Å². The molecule has 2 rings (SSSR count). The van der Waals surface area contributed by atoms with Crippen LogP contribution in [-0.4, -0.2) is 22.0 Å². The van der Waals surface area contributed by atoms with Crippen molar-refractivity contribution in [3.8, 4) is 0 Å². The minimum atomic E-state index is -1.55. The molecule has 6 heteroatoms. The summed E-state index contributed by atoms with van der Waals surface area (Å²) in [5, 5.41) is 19.1. The Balaban J connectivity index is 2.11. The first-order valence-corrected chi connectivity index (χ1v) is 6.84. The van der Waals surface area contributed by atoms with Gasteiger partial charge in [0, 0.05) is 28.3 Å². The van der Waals surface area contributed by atoms with Crippen LogP contribution in [0.5, 0.6) is 0 Å².